The van der Waals surface area contributed by atoms with E-state index in [1.165, 1.54) is 6.33 Å². The van der Waals surface area contributed by atoms with Crippen LogP contribution in [-0.4, -0.2) is 22.2 Å². The number of hydrogen-bond acceptors (Lipinski definition) is 5. The van der Waals surface area contributed by atoms with Gasteiger partial charge in [-0.1, -0.05) is 48.5 Å². The lowest BCUT2D eigenvalue weighted by atomic mass is 9.69. The monoisotopic (exact) mass is 452 g/mol. The van der Waals surface area contributed by atoms with E-state index in [9.17, 15) is 9.90 Å². The highest BCUT2D eigenvalue weighted by atomic mass is 16.5. The number of aliphatic hydroxyl groups is 1. The maximum atomic E-state index is 13.3. The summed E-state index contributed by atoms with van der Waals surface area (Å²) >= 11 is 0. The number of aromatic nitrogens is 2. The second-order valence-electron chi connectivity index (χ2n) is 9.07. The van der Waals surface area contributed by atoms with Crippen molar-refractivity contribution in [3.05, 3.63) is 122 Å². The lowest BCUT2D eigenvalue weighted by Gasteiger charge is -2.40. The Balaban J connectivity index is 1.78. The van der Waals surface area contributed by atoms with E-state index in [-0.39, 0.29) is 5.56 Å². The number of aryl methyl sites for hydroxylation is 2. The lowest BCUT2D eigenvalue weighted by molar-refractivity contribution is -0.0906. The standard InChI is InChI=1S/C28H24N2O4/c1-16-13-17(2)23-21(14-16)34-28(19-9-11-20(33-3)12-10-19)24(18-7-5-4-6-8-18)22-25(27(23,28)32)29-15-30-26(22)31/h4-15,24,32H,1-3H3,(H,29,30,31)/t24-,27+,28+/m1/s1. The molecule has 0 radical (unpaired) electrons. The Kier molecular flexibility index (Phi) is 4.29. The van der Waals surface area contributed by atoms with Gasteiger partial charge in [-0.05, 0) is 48.7 Å². The lowest BCUT2D eigenvalue weighted by Crippen LogP contribution is -2.49. The van der Waals surface area contributed by atoms with E-state index >= 15 is 0 Å². The first-order valence-corrected chi connectivity index (χ1v) is 11.2. The molecule has 1 aromatic heterocycles. The molecule has 6 heteroatoms. The average molecular weight is 453 g/mol. The minimum atomic E-state index is -1.68. The van der Waals surface area contributed by atoms with Gasteiger partial charge in [-0.3, -0.25) is 4.79 Å². The first-order chi connectivity index (χ1) is 16.4. The predicted octanol–water partition coefficient (Wildman–Crippen LogP) is 4.06. The fraction of sp³-hybridized carbons (Fsp3) is 0.214. The van der Waals surface area contributed by atoms with E-state index in [0.717, 1.165) is 22.3 Å². The summed E-state index contributed by atoms with van der Waals surface area (Å²) in [5, 5.41) is 12.8. The van der Waals surface area contributed by atoms with Crippen molar-refractivity contribution in [3.8, 4) is 11.5 Å². The zero-order chi connectivity index (χ0) is 23.7. The Morgan fingerprint density at radius 2 is 1.79 bits per heavy atom. The van der Waals surface area contributed by atoms with Crippen LogP contribution in [0.3, 0.4) is 0 Å². The molecule has 1 aliphatic carbocycles. The van der Waals surface area contributed by atoms with E-state index in [1.807, 2.05) is 80.6 Å². The fourth-order valence-electron chi connectivity index (χ4n) is 5.96. The third-order valence-electron chi connectivity index (χ3n) is 7.19. The quantitative estimate of drug-likeness (QED) is 0.490. The van der Waals surface area contributed by atoms with Gasteiger partial charge in [0.25, 0.3) is 5.56 Å². The van der Waals surface area contributed by atoms with Crippen molar-refractivity contribution < 1.29 is 14.6 Å². The number of hydrogen-bond donors (Lipinski definition) is 2. The van der Waals surface area contributed by atoms with Gasteiger partial charge in [-0.2, -0.15) is 0 Å². The van der Waals surface area contributed by atoms with Crippen molar-refractivity contribution >= 4 is 0 Å². The van der Waals surface area contributed by atoms with E-state index in [4.69, 9.17) is 9.47 Å². The van der Waals surface area contributed by atoms with Crippen LogP contribution in [0.15, 0.2) is 77.9 Å². The van der Waals surface area contributed by atoms with Gasteiger partial charge in [0.2, 0.25) is 0 Å². The van der Waals surface area contributed by atoms with Gasteiger partial charge in [0.1, 0.15) is 11.5 Å². The van der Waals surface area contributed by atoms with Crippen LogP contribution in [0.4, 0.5) is 0 Å². The highest BCUT2D eigenvalue weighted by Gasteiger charge is 2.73. The molecular formula is C28H24N2O4. The summed E-state index contributed by atoms with van der Waals surface area (Å²) in [6.07, 6.45) is 1.35. The predicted molar refractivity (Wildman–Crippen MR) is 127 cm³/mol. The SMILES string of the molecule is COc1ccc([C@@]23Oc4cc(C)cc(C)c4[C@]2(O)c2nc[nH]c(=O)c2[C@H]3c2ccccc2)cc1. The van der Waals surface area contributed by atoms with Crippen molar-refractivity contribution in [3.63, 3.8) is 0 Å². The zero-order valence-electron chi connectivity index (χ0n) is 19.1. The van der Waals surface area contributed by atoms with Gasteiger partial charge < -0.3 is 19.6 Å². The Morgan fingerprint density at radius 1 is 1.06 bits per heavy atom. The zero-order valence-corrected chi connectivity index (χ0v) is 19.1. The molecule has 4 aromatic rings. The van der Waals surface area contributed by atoms with Gasteiger partial charge >= 0.3 is 0 Å². The molecule has 3 atom stereocenters. The summed E-state index contributed by atoms with van der Waals surface area (Å²) in [4.78, 5) is 20.6. The van der Waals surface area contributed by atoms with Crippen LogP contribution in [0.1, 0.15) is 45.0 Å². The first-order valence-electron chi connectivity index (χ1n) is 11.2. The summed E-state index contributed by atoms with van der Waals surface area (Å²) in [5.41, 5.74) is 1.57. The number of nitrogens with zero attached hydrogens (tertiary/aromatic N) is 1. The van der Waals surface area contributed by atoms with Gasteiger partial charge in [0.15, 0.2) is 11.2 Å². The third kappa shape index (κ3) is 2.43. The van der Waals surface area contributed by atoms with Crippen LogP contribution in [0, 0.1) is 13.8 Å². The van der Waals surface area contributed by atoms with Crippen molar-refractivity contribution in [1.29, 1.82) is 0 Å². The smallest absolute Gasteiger partial charge is 0.255 e. The number of ether oxygens (including phenoxy) is 2. The minimum Gasteiger partial charge on any atom is -0.497 e. The van der Waals surface area contributed by atoms with Crippen molar-refractivity contribution in [2.45, 2.75) is 31.0 Å². The topological polar surface area (TPSA) is 84.4 Å². The van der Waals surface area contributed by atoms with Crippen LogP contribution < -0.4 is 15.0 Å². The van der Waals surface area contributed by atoms with E-state index < -0.39 is 17.1 Å². The molecule has 3 aromatic carbocycles. The molecule has 1 aliphatic heterocycles. The fourth-order valence-corrected chi connectivity index (χ4v) is 5.96. The van der Waals surface area contributed by atoms with Crippen molar-refractivity contribution in [1.82, 2.24) is 9.97 Å². The number of benzene rings is 3. The third-order valence-corrected chi connectivity index (χ3v) is 7.19. The van der Waals surface area contributed by atoms with Crippen LogP contribution in [0.5, 0.6) is 11.5 Å². The van der Waals surface area contributed by atoms with E-state index in [1.54, 1.807) is 7.11 Å². The molecule has 0 amide bonds. The summed E-state index contributed by atoms with van der Waals surface area (Å²) in [6, 6.07) is 21.1. The number of nitrogens with one attached hydrogen (secondary N) is 1. The molecule has 0 saturated heterocycles. The summed E-state index contributed by atoms with van der Waals surface area (Å²) in [5.74, 6) is 0.685. The molecule has 6 rings (SSSR count). The first kappa shape index (κ1) is 20.7. The molecule has 0 spiro atoms. The van der Waals surface area contributed by atoms with Gasteiger partial charge in [0.05, 0.1) is 30.6 Å². The number of H-pyrrole nitrogens is 1. The van der Waals surface area contributed by atoms with Crippen LogP contribution in [-0.2, 0) is 11.2 Å². The number of fused-ring (bicyclic) bond motifs is 5. The molecule has 2 heterocycles. The van der Waals surface area contributed by atoms with Crippen LogP contribution in [0.25, 0.3) is 0 Å². The Labute approximate surface area is 196 Å². The minimum absolute atomic E-state index is 0.288. The molecule has 2 aliphatic rings. The highest BCUT2D eigenvalue weighted by molar-refractivity contribution is 5.66. The molecule has 0 unspecified atom stereocenters. The average Bonchev–Trinajstić information content (AvgIpc) is 3.23. The van der Waals surface area contributed by atoms with E-state index in [0.29, 0.717) is 28.3 Å². The molecule has 170 valence electrons. The molecule has 0 bridgehead atoms. The maximum absolute atomic E-state index is 13.3. The molecular weight excluding hydrogens is 428 g/mol. The van der Waals surface area contributed by atoms with Gasteiger partial charge in [0, 0.05) is 11.1 Å². The molecule has 0 saturated carbocycles. The van der Waals surface area contributed by atoms with Crippen LogP contribution in [0.2, 0.25) is 0 Å². The van der Waals surface area contributed by atoms with Gasteiger partial charge in [-0.15, -0.1) is 0 Å². The summed E-state index contributed by atoms with van der Waals surface area (Å²) in [6.45, 7) is 3.96. The Bertz CT molecular complexity index is 1480. The largest absolute Gasteiger partial charge is 0.497 e. The molecule has 6 nitrogen and oxygen atoms in total. The van der Waals surface area contributed by atoms with Crippen molar-refractivity contribution in [2.24, 2.45) is 0 Å². The number of aromatic amines is 1. The van der Waals surface area contributed by atoms with E-state index in [2.05, 4.69) is 9.97 Å². The Morgan fingerprint density at radius 3 is 2.50 bits per heavy atom. The van der Waals surface area contributed by atoms with Crippen molar-refractivity contribution in [2.75, 3.05) is 7.11 Å². The molecule has 2 N–H and O–H groups in total. The second kappa shape index (κ2) is 7.05. The number of rotatable bonds is 3. The highest BCUT2D eigenvalue weighted by Crippen LogP contribution is 2.68. The molecule has 0 fully saturated rings. The summed E-state index contributed by atoms with van der Waals surface area (Å²) in [7, 11) is 1.61. The molecule has 34 heavy (non-hydrogen) atoms. The van der Waals surface area contributed by atoms with Gasteiger partial charge in [-0.25, -0.2) is 4.98 Å². The summed E-state index contributed by atoms with van der Waals surface area (Å²) < 4.78 is 12.2. The number of methoxy groups -OCH3 is 1. The Hall–Kier alpha value is -3.90. The van der Waals surface area contributed by atoms with Crippen LogP contribution >= 0.6 is 0 Å². The second-order valence-corrected chi connectivity index (χ2v) is 9.07. The normalized spacial score (nSPS) is 24.2. The maximum Gasteiger partial charge on any atom is 0.255 e.